The molecule has 0 saturated carbocycles. The molecular formula is C15H20ClFN4O4S. The summed E-state index contributed by atoms with van der Waals surface area (Å²) < 4.78 is 39.8. The smallest absolute Gasteiger partial charge is 0.321 e. The fraction of sp³-hybridized carbons (Fsp3) is 0.467. The Bertz CT molecular complexity index is 797. The van der Waals surface area contributed by atoms with E-state index in [0.29, 0.717) is 13.1 Å². The molecule has 1 aliphatic heterocycles. The van der Waals surface area contributed by atoms with Gasteiger partial charge in [0.25, 0.3) is 0 Å². The van der Waals surface area contributed by atoms with Gasteiger partial charge < -0.3 is 5.32 Å². The molecule has 2 rings (SSSR count). The average Bonchev–Trinajstić information content (AvgIpc) is 2.63. The number of carbonyl (C=O) groups excluding carboxylic acids is 2. The third-order valence-electron chi connectivity index (χ3n) is 4.19. The Labute approximate surface area is 156 Å². The second-order valence-electron chi connectivity index (χ2n) is 5.76. The highest BCUT2D eigenvalue weighted by molar-refractivity contribution is 7.89. The van der Waals surface area contributed by atoms with Gasteiger partial charge in [-0.25, -0.2) is 17.6 Å². The molecule has 3 amide bonds. The number of rotatable bonds is 4. The quantitative estimate of drug-likeness (QED) is 0.764. The minimum Gasteiger partial charge on any atom is -0.341 e. The first-order valence-electron chi connectivity index (χ1n) is 7.88. The molecule has 11 heteroatoms. The monoisotopic (exact) mass is 406 g/mol. The van der Waals surface area contributed by atoms with Crippen LogP contribution >= 0.6 is 11.6 Å². The van der Waals surface area contributed by atoms with Crippen LogP contribution in [0.4, 0.5) is 9.18 Å². The van der Waals surface area contributed by atoms with E-state index in [0.717, 1.165) is 12.1 Å². The number of nitrogens with zero attached hydrogens (tertiary/aromatic N) is 2. The van der Waals surface area contributed by atoms with Gasteiger partial charge in [-0.15, -0.1) is 0 Å². The number of nitrogens with one attached hydrogen (secondary N) is 2. The molecule has 8 nitrogen and oxygen atoms in total. The van der Waals surface area contributed by atoms with E-state index in [2.05, 4.69) is 10.6 Å². The van der Waals surface area contributed by atoms with E-state index in [-0.39, 0.29) is 23.0 Å². The van der Waals surface area contributed by atoms with E-state index >= 15 is 0 Å². The van der Waals surface area contributed by atoms with Gasteiger partial charge in [0.05, 0.1) is 16.0 Å². The lowest BCUT2D eigenvalue weighted by molar-refractivity contribution is -0.125. The van der Waals surface area contributed by atoms with Crippen LogP contribution in [0.15, 0.2) is 23.1 Å². The molecule has 1 atom stereocenters. The number of imide groups is 1. The van der Waals surface area contributed by atoms with Crippen molar-refractivity contribution in [2.45, 2.75) is 17.9 Å². The van der Waals surface area contributed by atoms with Crippen molar-refractivity contribution in [2.75, 3.05) is 33.2 Å². The van der Waals surface area contributed by atoms with E-state index in [4.69, 9.17) is 11.6 Å². The summed E-state index contributed by atoms with van der Waals surface area (Å²) in [5.41, 5.74) is 0. The van der Waals surface area contributed by atoms with Gasteiger partial charge in [0, 0.05) is 33.2 Å². The maximum Gasteiger partial charge on any atom is 0.321 e. The van der Waals surface area contributed by atoms with Crippen LogP contribution in [0.3, 0.4) is 0 Å². The maximum absolute atomic E-state index is 13.2. The van der Waals surface area contributed by atoms with E-state index in [1.165, 1.54) is 17.4 Å². The Morgan fingerprint density at radius 2 is 1.85 bits per heavy atom. The molecule has 1 fully saturated rings. The zero-order valence-corrected chi connectivity index (χ0v) is 15.9. The van der Waals surface area contributed by atoms with Crippen LogP contribution in [0, 0.1) is 5.82 Å². The zero-order chi connectivity index (χ0) is 19.5. The Hall–Kier alpha value is -1.75. The number of sulfonamides is 1. The Morgan fingerprint density at radius 1 is 1.23 bits per heavy atom. The van der Waals surface area contributed by atoms with Gasteiger partial charge in [0.1, 0.15) is 5.82 Å². The minimum atomic E-state index is -3.80. The fourth-order valence-corrected chi connectivity index (χ4v) is 4.26. The standard InChI is InChI=1S/C15H20ClFN4O4S/c1-10(14(22)19-15(23)18-2)20-5-7-21(8-6-20)26(24,25)11-3-4-13(17)12(16)9-11/h3-4,9-10H,5-8H2,1-2H3,(H2,18,19,22,23)/t10-/m0/s1. The predicted octanol–water partition coefficient (Wildman–Crippen LogP) is 0.630. The molecule has 0 aromatic heterocycles. The average molecular weight is 407 g/mol. The fourth-order valence-electron chi connectivity index (χ4n) is 2.56. The van der Waals surface area contributed by atoms with Crippen LogP contribution in [0.1, 0.15) is 6.92 Å². The van der Waals surface area contributed by atoms with Gasteiger partial charge in [-0.05, 0) is 25.1 Å². The lowest BCUT2D eigenvalue weighted by atomic mass is 10.2. The van der Waals surface area contributed by atoms with Gasteiger partial charge in [0.15, 0.2) is 0 Å². The summed E-state index contributed by atoms with van der Waals surface area (Å²) in [4.78, 5) is 24.9. The normalized spacial score (nSPS) is 17.5. The Morgan fingerprint density at radius 3 is 2.38 bits per heavy atom. The predicted molar refractivity (Wildman–Crippen MR) is 93.8 cm³/mol. The largest absolute Gasteiger partial charge is 0.341 e. The second-order valence-corrected chi connectivity index (χ2v) is 8.11. The number of piperazine rings is 1. The molecule has 144 valence electrons. The summed E-state index contributed by atoms with van der Waals surface area (Å²) >= 11 is 5.67. The maximum atomic E-state index is 13.2. The highest BCUT2D eigenvalue weighted by atomic mass is 35.5. The van der Waals surface area contributed by atoms with Crippen molar-refractivity contribution >= 4 is 33.6 Å². The highest BCUT2D eigenvalue weighted by Crippen LogP contribution is 2.23. The Balaban J connectivity index is 2.02. The number of benzene rings is 1. The molecule has 0 unspecified atom stereocenters. The number of hydrogen-bond donors (Lipinski definition) is 2. The van der Waals surface area contributed by atoms with E-state index < -0.39 is 33.8 Å². The topological polar surface area (TPSA) is 98.8 Å². The van der Waals surface area contributed by atoms with Gasteiger partial charge >= 0.3 is 6.03 Å². The Kier molecular flexibility index (Phi) is 6.56. The van der Waals surface area contributed by atoms with Crippen molar-refractivity contribution in [1.82, 2.24) is 19.8 Å². The summed E-state index contributed by atoms with van der Waals surface area (Å²) in [6.07, 6.45) is 0. The lowest BCUT2D eigenvalue weighted by Crippen LogP contribution is -2.56. The number of halogens is 2. The molecular weight excluding hydrogens is 387 g/mol. The van der Waals surface area contributed by atoms with Crippen molar-refractivity contribution in [3.05, 3.63) is 29.0 Å². The van der Waals surface area contributed by atoms with Crippen LogP contribution in [-0.4, -0.2) is 68.8 Å². The number of amides is 3. The number of urea groups is 1. The summed E-state index contributed by atoms with van der Waals surface area (Å²) in [5.74, 6) is -1.16. The van der Waals surface area contributed by atoms with E-state index in [1.807, 2.05) is 0 Å². The van der Waals surface area contributed by atoms with Crippen LogP contribution in [-0.2, 0) is 14.8 Å². The second kappa shape index (κ2) is 8.30. The molecule has 26 heavy (non-hydrogen) atoms. The number of hydrogen-bond acceptors (Lipinski definition) is 5. The van der Waals surface area contributed by atoms with Crippen LogP contribution in [0.5, 0.6) is 0 Å². The first-order chi connectivity index (χ1) is 12.2. The minimum absolute atomic E-state index is 0.0808. The van der Waals surface area contributed by atoms with Gasteiger partial charge in [0.2, 0.25) is 15.9 Å². The summed E-state index contributed by atoms with van der Waals surface area (Å²) in [7, 11) is -2.40. The molecule has 1 heterocycles. The molecule has 1 aromatic rings. The van der Waals surface area contributed by atoms with Gasteiger partial charge in [-0.3, -0.25) is 15.0 Å². The molecule has 0 aliphatic carbocycles. The molecule has 1 aliphatic rings. The van der Waals surface area contributed by atoms with Crippen LogP contribution < -0.4 is 10.6 Å². The summed E-state index contributed by atoms with van der Waals surface area (Å²) in [5, 5.41) is 4.23. The third-order valence-corrected chi connectivity index (χ3v) is 6.38. The zero-order valence-electron chi connectivity index (χ0n) is 14.3. The van der Waals surface area contributed by atoms with Crippen molar-refractivity contribution in [3.8, 4) is 0 Å². The van der Waals surface area contributed by atoms with Gasteiger partial charge in [-0.1, -0.05) is 11.6 Å². The first kappa shape index (κ1) is 20.6. The lowest BCUT2D eigenvalue weighted by Gasteiger charge is -2.36. The molecule has 0 spiro atoms. The number of carbonyl (C=O) groups is 2. The molecule has 1 aromatic carbocycles. The molecule has 2 N–H and O–H groups in total. The van der Waals surface area contributed by atoms with Crippen molar-refractivity contribution in [1.29, 1.82) is 0 Å². The highest BCUT2D eigenvalue weighted by Gasteiger charge is 2.32. The van der Waals surface area contributed by atoms with Gasteiger partial charge in [-0.2, -0.15) is 4.31 Å². The molecule has 0 bridgehead atoms. The van der Waals surface area contributed by atoms with Crippen LogP contribution in [0.2, 0.25) is 5.02 Å². The molecule has 0 radical (unpaired) electrons. The van der Waals surface area contributed by atoms with Crippen molar-refractivity contribution in [3.63, 3.8) is 0 Å². The third kappa shape index (κ3) is 4.50. The van der Waals surface area contributed by atoms with Crippen molar-refractivity contribution < 1.29 is 22.4 Å². The summed E-state index contributed by atoms with van der Waals surface area (Å²) in [6, 6.07) is 2.07. The van der Waals surface area contributed by atoms with Crippen LogP contribution in [0.25, 0.3) is 0 Å². The van der Waals surface area contributed by atoms with E-state index in [1.54, 1.807) is 11.8 Å². The first-order valence-corrected chi connectivity index (χ1v) is 9.70. The SMILES string of the molecule is CNC(=O)NC(=O)[C@H](C)N1CCN(S(=O)(=O)c2ccc(F)c(Cl)c2)CC1. The van der Waals surface area contributed by atoms with E-state index in [9.17, 15) is 22.4 Å². The molecule has 1 saturated heterocycles. The summed E-state index contributed by atoms with van der Waals surface area (Å²) in [6.45, 7) is 2.60. The van der Waals surface area contributed by atoms with Crippen molar-refractivity contribution in [2.24, 2.45) is 0 Å².